The van der Waals surface area contributed by atoms with Gasteiger partial charge in [0.2, 0.25) is 0 Å². The SMILES string of the molecule is Cc1cc(I)ccc1NC(=O)C(=O)Nc1ccc2cn[nH]c2c1. The number of carbonyl (C=O) groups excluding carboxylic acids is 2. The van der Waals surface area contributed by atoms with E-state index in [4.69, 9.17) is 0 Å². The van der Waals surface area contributed by atoms with Crippen LogP contribution in [0.2, 0.25) is 0 Å². The third-order valence-corrected chi connectivity index (χ3v) is 4.01. The second-order valence-corrected chi connectivity index (χ2v) is 6.29. The van der Waals surface area contributed by atoms with Gasteiger partial charge in [0.25, 0.3) is 0 Å². The summed E-state index contributed by atoms with van der Waals surface area (Å²) in [6.07, 6.45) is 1.69. The molecule has 0 aliphatic rings. The van der Waals surface area contributed by atoms with Crippen LogP contribution in [-0.4, -0.2) is 22.0 Å². The number of hydrogen-bond acceptors (Lipinski definition) is 3. The highest BCUT2D eigenvalue weighted by Crippen LogP contribution is 2.19. The fraction of sp³-hybridized carbons (Fsp3) is 0.0625. The molecule has 0 saturated carbocycles. The van der Waals surface area contributed by atoms with Crippen molar-refractivity contribution >= 4 is 56.7 Å². The summed E-state index contributed by atoms with van der Waals surface area (Å²) in [6.45, 7) is 1.88. The molecule has 0 radical (unpaired) electrons. The molecule has 6 nitrogen and oxygen atoms in total. The molecule has 116 valence electrons. The van der Waals surface area contributed by atoms with E-state index < -0.39 is 11.8 Å². The number of halogens is 1. The molecule has 0 unspecified atom stereocenters. The minimum absolute atomic E-state index is 0.529. The molecule has 0 atom stereocenters. The Morgan fingerprint density at radius 3 is 2.65 bits per heavy atom. The van der Waals surface area contributed by atoms with Crippen LogP contribution < -0.4 is 10.6 Å². The summed E-state index contributed by atoms with van der Waals surface area (Å²) in [5, 5.41) is 12.8. The van der Waals surface area contributed by atoms with Crippen molar-refractivity contribution in [1.82, 2.24) is 10.2 Å². The quantitative estimate of drug-likeness (QED) is 0.440. The standard InChI is InChI=1S/C16H13IN4O2/c1-9-6-11(17)3-5-13(9)20-16(23)15(22)19-12-4-2-10-8-18-21-14(10)7-12/h2-8H,1H3,(H,18,21)(H,19,22)(H,20,23). The van der Waals surface area contributed by atoms with E-state index in [1.54, 1.807) is 24.4 Å². The summed E-state index contributed by atoms with van der Waals surface area (Å²) in [5.41, 5.74) is 2.84. The molecule has 3 aromatic rings. The van der Waals surface area contributed by atoms with Crippen molar-refractivity contribution < 1.29 is 9.59 Å². The molecule has 2 amide bonds. The normalized spacial score (nSPS) is 10.5. The van der Waals surface area contributed by atoms with Gasteiger partial charge in [-0.1, -0.05) is 0 Å². The number of aromatic amines is 1. The van der Waals surface area contributed by atoms with Crippen molar-refractivity contribution in [2.45, 2.75) is 6.92 Å². The summed E-state index contributed by atoms with van der Waals surface area (Å²) in [5.74, 6) is -1.43. The number of rotatable bonds is 2. The highest BCUT2D eigenvalue weighted by molar-refractivity contribution is 14.1. The molecule has 0 bridgehead atoms. The minimum atomic E-state index is -0.721. The number of aromatic nitrogens is 2. The van der Waals surface area contributed by atoms with E-state index in [2.05, 4.69) is 43.4 Å². The van der Waals surface area contributed by atoms with Gasteiger partial charge in [0.15, 0.2) is 0 Å². The Morgan fingerprint density at radius 2 is 1.87 bits per heavy atom. The third kappa shape index (κ3) is 3.50. The Hall–Kier alpha value is -2.42. The molecule has 23 heavy (non-hydrogen) atoms. The van der Waals surface area contributed by atoms with Crippen LogP contribution in [0.3, 0.4) is 0 Å². The van der Waals surface area contributed by atoms with Crippen LogP contribution in [0.4, 0.5) is 11.4 Å². The van der Waals surface area contributed by atoms with Gasteiger partial charge < -0.3 is 10.6 Å². The molecule has 0 fully saturated rings. The molecular weight excluding hydrogens is 407 g/mol. The van der Waals surface area contributed by atoms with Crippen molar-refractivity contribution in [3.05, 3.63) is 51.7 Å². The number of nitrogens with zero attached hydrogens (tertiary/aromatic N) is 1. The van der Waals surface area contributed by atoms with E-state index in [9.17, 15) is 9.59 Å². The van der Waals surface area contributed by atoms with E-state index in [1.807, 2.05) is 25.1 Å². The van der Waals surface area contributed by atoms with Gasteiger partial charge in [-0.3, -0.25) is 14.7 Å². The van der Waals surface area contributed by atoms with Crippen LogP contribution in [0.15, 0.2) is 42.6 Å². The third-order valence-electron chi connectivity index (χ3n) is 3.34. The topological polar surface area (TPSA) is 86.9 Å². The Morgan fingerprint density at radius 1 is 1.09 bits per heavy atom. The number of fused-ring (bicyclic) bond motifs is 1. The van der Waals surface area contributed by atoms with Gasteiger partial charge in [-0.15, -0.1) is 0 Å². The number of H-pyrrole nitrogens is 1. The summed E-state index contributed by atoms with van der Waals surface area (Å²) in [4.78, 5) is 24.0. The predicted molar refractivity (Wildman–Crippen MR) is 97.2 cm³/mol. The molecule has 3 N–H and O–H groups in total. The Balaban J connectivity index is 1.70. The maximum absolute atomic E-state index is 12.0. The molecule has 0 aliphatic carbocycles. The van der Waals surface area contributed by atoms with Gasteiger partial charge in [-0.2, -0.15) is 5.10 Å². The first kappa shape index (κ1) is 15.5. The maximum atomic E-state index is 12.0. The predicted octanol–water partition coefficient (Wildman–Crippen LogP) is 3.05. The minimum Gasteiger partial charge on any atom is -0.318 e. The van der Waals surface area contributed by atoms with E-state index in [0.717, 1.165) is 20.0 Å². The van der Waals surface area contributed by atoms with E-state index in [0.29, 0.717) is 11.4 Å². The number of aryl methyl sites for hydroxylation is 1. The average Bonchev–Trinajstić information content (AvgIpc) is 2.97. The zero-order valence-corrected chi connectivity index (χ0v) is 14.3. The van der Waals surface area contributed by atoms with E-state index in [-0.39, 0.29) is 0 Å². The van der Waals surface area contributed by atoms with Crippen molar-refractivity contribution in [2.24, 2.45) is 0 Å². The Kier molecular flexibility index (Phi) is 4.28. The molecule has 1 aromatic heterocycles. The molecule has 3 rings (SSSR count). The van der Waals surface area contributed by atoms with Gasteiger partial charge in [-0.25, -0.2) is 0 Å². The molecular formula is C16H13IN4O2. The van der Waals surface area contributed by atoms with Gasteiger partial charge in [-0.05, 0) is 71.5 Å². The van der Waals surface area contributed by atoms with Crippen molar-refractivity contribution in [2.75, 3.05) is 10.6 Å². The number of benzene rings is 2. The Bertz CT molecular complexity index is 904. The molecule has 0 saturated heterocycles. The molecule has 0 aliphatic heterocycles. The summed E-state index contributed by atoms with van der Waals surface area (Å²) >= 11 is 2.19. The first-order valence-electron chi connectivity index (χ1n) is 6.84. The lowest BCUT2D eigenvalue weighted by Gasteiger charge is -2.09. The summed E-state index contributed by atoms with van der Waals surface area (Å²) in [6, 6.07) is 10.8. The maximum Gasteiger partial charge on any atom is 0.314 e. The molecule has 2 aromatic carbocycles. The van der Waals surface area contributed by atoms with Crippen LogP contribution >= 0.6 is 22.6 Å². The highest BCUT2D eigenvalue weighted by Gasteiger charge is 2.15. The molecule has 7 heteroatoms. The van der Waals surface area contributed by atoms with Crippen molar-refractivity contribution in [3.8, 4) is 0 Å². The first-order valence-corrected chi connectivity index (χ1v) is 7.92. The van der Waals surface area contributed by atoms with Crippen molar-refractivity contribution in [1.29, 1.82) is 0 Å². The van der Waals surface area contributed by atoms with Crippen LogP contribution in [0, 0.1) is 10.5 Å². The van der Waals surface area contributed by atoms with Crippen LogP contribution in [0.25, 0.3) is 10.9 Å². The fourth-order valence-electron chi connectivity index (χ4n) is 2.15. The largest absolute Gasteiger partial charge is 0.318 e. The van der Waals surface area contributed by atoms with Gasteiger partial charge >= 0.3 is 11.8 Å². The fourth-order valence-corrected chi connectivity index (χ4v) is 2.80. The van der Waals surface area contributed by atoms with Gasteiger partial charge in [0.1, 0.15) is 0 Å². The van der Waals surface area contributed by atoms with Gasteiger partial charge in [0.05, 0.1) is 11.7 Å². The number of amides is 2. The Labute approximate surface area is 145 Å². The van der Waals surface area contributed by atoms with Crippen LogP contribution in [-0.2, 0) is 9.59 Å². The smallest absolute Gasteiger partial charge is 0.314 e. The second-order valence-electron chi connectivity index (χ2n) is 5.04. The van der Waals surface area contributed by atoms with Gasteiger partial charge in [0, 0.05) is 20.3 Å². The van der Waals surface area contributed by atoms with Crippen LogP contribution in [0.5, 0.6) is 0 Å². The number of hydrogen-bond donors (Lipinski definition) is 3. The molecule has 1 heterocycles. The molecule has 0 spiro atoms. The first-order chi connectivity index (χ1) is 11.0. The van der Waals surface area contributed by atoms with E-state index >= 15 is 0 Å². The van der Waals surface area contributed by atoms with Crippen molar-refractivity contribution in [3.63, 3.8) is 0 Å². The average molecular weight is 420 g/mol. The van der Waals surface area contributed by atoms with E-state index in [1.165, 1.54) is 0 Å². The number of carbonyl (C=O) groups is 2. The number of nitrogens with one attached hydrogen (secondary N) is 3. The lowest BCUT2D eigenvalue weighted by atomic mass is 10.2. The second kappa shape index (κ2) is 6.37. The monoisotopic (exact) mass is 420 g/mol. The zero-order valence-electron chi connectivity index (χ0n) is 12.2. The zero-order chi connectivity index (χ0) is 16.4. The summed E-state index contributed by atoms with van der Waals surface area (Å²) in [7, 11) is 0. The number of anilines is 2. The summed E-state index contributed by atoms with van der Waals surface area (Å²) < 4.78 is 1.07. The van der Waals surface area contributed by atoms with Crippen LogP contribution in [0.1, 0.15) is 5.56 Å². The lowest BCUT2D eigenvalue weighted by molar-refractivity contribution is -0.133. The lowest BCUT2D eigenvalue weighted by Crippen LogP contribution is -2.29. The highest BCUT2D eigenvalue weighted by atomic mass is 127.